The zero-order valence-corrected chi connectivity index (χ0v) is 11.3. The van der Waals surface area contributed by atoms with Gasteiger partial charge in [-0.25, -0.2) is 4.79 Å². The fourth-order valence-electron chi connectivity index (χ4n) is 1.74. The molecular formula is C12H14Cl2N2O2. The second kappa shape index (κ2) is 6.27. The summed E-state index contributed by atoms with van der Waals surface area (Å²) in [5.41, 5.74) is 0.643. The van der Waals surface area contributed by atoms with Gasteiger partial charge in [0.25, 0.3) is 0 Å². The Bertz CT molecular complexity index is 414. The highest BCUT2D eigenvalue weighted by Crippen LogP contribution is 2.25. The van der Waals surface area contributed by atoms with Crippen molar-refractivity contribution in [2.45, 2.75) is 6.61 Å². The van der Waals surface area contributed by atoms with Crippen molar-refractivity contribution < 1.29 is 9.53 Å². The first kappa shape index (κ1) is 13.5. The second-order valence-corrected chi connectivity index (χ2v) is 4.81. The second-order valence-electron chi connectivity index (χ2n) is 3.99. The van der Waals surface area contributed by atoms with Gasteiger partial charge >= 0.3 is 6.09 Å². The zero-order chi connectivity index (χ0) is 13.0. The molecule has 2 rings (SSSR count). The molecule has 0 radical (unpaired) electrons. The number of rotatable bonds is 2. The molecular weight excluding hydrogens is 275 g/mol. The van der Waals surface area contributed by atoms with Gasteiger partial charge in [0.15, 0.2) is 0 Å². The van der Waals surface area contributed by atoms with Gasteiger partial charge in [-0.05, 0) is 12.1 Å². The summed E-state index contributed by atoms with van der Waals surface area (Å²) < 4.78 is 5.22. The number of ether oxygens (including phenoxy) is 1. The molecule has 18 heavy (non-hydrogen) atoms. The average molecular weight is 289 g/mol. The van der Waals surface area contributed by atoms with Crippen LogP contribution in [0.4, 0.5) is 4.79 Å². The Morgan fingerprint density at radius 1 is 1.28 bits per heavy atom. The molecule has 1 N–H and O–H groups in total. The summed E-state index contributed by atoms with van der Waals surface area (Å²) in [6.07, 6.45) is -0.326. The lowest BCUT2D eigenvalue weighted by atomic mass is 10.2. The normalized spacial score (nSPS) is 15.6. The van der Waals surface area contributed by atoms with E-state index < -0.39 is 0 Å². The van der Waals surface area contributed by atoms with Crippen LogP contribution in [0.25, 0.3) is 0 Å². The van der Waals surface area contributed by atoms with E-state index in [1.54, 1.807) is 23.1 Å². The molecule has 0 aliphatic carbocycles. The third-order valence-corrected chi connectivity index (χ3v) is 3.49. The summed E-state index contributed by atoms with van der Waals surface area (Å²) in [6.45, 7) is 3.01. The van der Waals surface area contributed by atoms with E-state index in [4.69, 9.17) is 27.9 Å². The van der Waals surface area contributed by atoms with Crippen molar-refractivity contribution in [2.75, 3.05) is 26.2 Å². The Morgan fingerprint density at radius 3 is 2.50 bits per heavy atom. The summed E-state index contributed by atoms with van der Waals surface area (Å²) in [5.74, 6) is 0. The molecule has 1 fully saturated rings. The molecule has 0 spiro atoms. The first-order chi connectivity index (χ1) is 8.68. The molecule has 6 heteroatoms. The first-order valence-corrected chi connectivity index (χ1v) is 6.49. The van der Waals surface area contributed by atoms with Crippen molar-refractivity contribution in [3.8, 4) is 0 Å². The zero-order valence-electron chi connectivity index (χ0n) is 9.79. The number of halogens is 2. The topological polar surface area (TPSA) is 41.6 Å². The molecule has 1 amide bonds. The van der Waals surface area contributed by atoms with E-state index in [0.29, 0.717) is 28.7 Å². The van der Waals surface area contributed by atoms with Gasteiger partial charge < -0.3 is 15.0 Å². The molecule has 1 aliphatic rings. The minimum absolute atomic E-state index is 0.0985. The Morgan fingerprint density at radius 2 is 1.89 bits per heavy atom. The molecule has 98 valence electrons. The van der Waals surface area contributed by atoms with E-state index in [1.807, 2.05) is 0 Å². The minimum Gasteiger partial charge on any atom is -0.444 e. The number of hydrogen-bond donors (Lipinski definition) is 1. The SMILES string of the molecule is O=C(OCc1c(Cl)cccc1Cl)N1CCNCC1. The molecule has 0 unspecified atom stereocenters. The van der Waals surface area contributed by atoms with Crippen molar-refractivity contribution >= 4 is 29.3 Å². The number of hydrogen-bond acceptors (Lipinski definition) is 3. The predicted molar refractivity (Wildman–Crippen MR) is 71.1 cm³/mol. The Balaban J connectivity index is 1.92. The Hall–Kier alpha value is -0.970. The average Bonchev–Trinajstić information content (AvgIpc) is 2.39. The van der Waals surface area contributed by atoms with E-state index in [-0.39, 0.29) is 12.7 Å². The maximum Gasteiger partial charge on any atom is 0.410 e. The molecule has 0 bridgehead atoms. The fourth-order valence-corrected chi connectivity index (χ4v) is 2.25. The third kappa shape index (κ3) is 3.28. The maximum atomic E-state index is 11.8. The standard InChI is InChI=1S/C12H14Cl2N2O2/c13-10-2-1-3-11(14)9(10)8-18-12(17)16-6-4-15-5-7-16/h1-3,15H,4-8H2. The van der Waals surface area contributed by atoms with Crippen LogP contribution in [0.15, 0.2) is 18.2 Å². The van der Waals surface area contributed by atoms with E-state index in [0.717, 1.165) is 13.1 Å². The molecule has 4 nitrogen and oxygen atoms in total. The molecule has 1 aliphatic heterocycles. The summed E-state index contributed by atoms with van der Waals surface area (Å²) in [5, 5.41) is 4.19. The summed E-state index contributed by atoms with van der Waals surface area (Å²) >= 11 is 12.0. The summed E-state index contributed by atoms with van der Waals surface area (Å²) in [6, 6.07) is 5.20. The van der Waals surface area contributed by atoms with Crippen molar-refractivity contribution in [3.63, 3.8) is 0 Å². The van der Waals surface area contributed by atoms with Crippen LogP contribution in [0.2, 0.25) is 10.0 Å². The van der Waals surface area contributed by atoms with Crippen LogP contribution in [0.3, 0.4) is 0 Å². The van der Waals surface area contributed by atoms with Crippen LogP contribution in [0, 0.1) is 0 Å². The van der Waals surface area contributed by atoms with E-state index in [2.05, 4.69) is 5.32 Å². The van der Waals surface area contributed by atoms with Crippen LogP contribution in [-0.4, -0.2) is 37.2 Å². The lowest BCUT2D eigenvalue weighted by Crippen LogP contribution is -2.46. The van der Waals surface area contributed by atoms with Crippen LogP contribution < -0.4 is 5.32 Å². The van der Waals surface area contributed by atoms with E-state index >= 15 is 0 Å². The minimum atomic E-state index is -0.326. The Kier molecular flexibility index (Phi) is 4.69. The fraction of sp³-hybridized carbons (Fsp3) is 0.417. The molecule has 1 aromatic carbocycles. The predicted octanol–water partition coefficient (Wildman–Crippen LogP) is 2.54. The highest BCUT2D eigenvalue weighted by atomic mass is 35.5. The van der Waals surface area contributed by atoms with Gasteiger partial charge in [-0.1, -0.05) is 29.3 Å². The molecule has 1 saturated heterocycles. The third-order valence-electron chi connectivity index (χ3n) is 2.78. The maximum absolute atomic E-state index is 11.8. The number of carbonyl (C=O) groups is 1. The lowest BCUT2D eigenvalue weighted by molar-refractivity contribution is 0.0919. The molecule has 0 atom stereocenters. The monoisotopic (exact) mass is 288 g/mol. The highest BCUT2D eigenvalue weighted by Gasteiger charge is 2.18. The number of amides is 1. The highest BCUT2D eigenvalue weighted by molar-refractivity contribution is 6.35. The number of nitrogens with one attached hydrogen (secondary N) is 1. The van der Waals surface area contributed by atoms with Gasteiger partial charge in [-0.3, -0.25) is 0 Å². The van der Waals surface area contributed by atoms with Crippen LogP contribution in [0.5, 0.6) is 0 Å². The molecule has 1 aromatic rings. The van der Waals surface area contributed by atoms with Crippen LogP contribution in [-0.2, 0) is 11.3 Å². The number of piperazine rings is 1. The molecule has 0 aromatic heterocycles. The van der Waals surface area contributed by atoms with Crippen molar-refractivity contribution in [1.82, 2.24) is 10.2 Å². The summed E-state index contributed by atoms with van der Waals surface area (Å²) in [7, 11) is 0. The van der Waals surface area contributed by atoms with Gasteiger partial charge in [0.05, 0.1) is 0 Å². The van der Waals surface area contributed by atoms with E-state index in [1.165, 1.54) is 0 Å². The molecule has 0 saturated carbocycles. The number of carbonyl (C=O) groups excluding carboxylic acids is 1. The first-order valence-electron chi connectivity index (χ1n) is 5.74. The smallest absolute Gasteiger partial charge is 0.410 e. The van der Waals surface area contributed by atoms with Gasteiger partial charge in [0, 0.05) is 41.8 Å². The number of nitrogens with zero attached hydrogens (tertiary/aromatic N) is 1. The van der Waals surface area contributed by atoms with E-state index in [9.17, 15) is 4.79 Å². The van der Waals surface area contributed by atoms with Crippen molar-refractivity contribution in [3.05, 3.63) is 33.8 Å². The van der Waals surface area contributed by atoms with Crippen LogP contribution in [0.1, 0.15) is 5.56 Å². The van der Waals surface area contributed by atoms with Crippen LogP contribution >= 0.6 is 23.2 Å². The lowest BCUT2D eigenvalue weighted by Gasteiger charge is -2.26. The quantitative estimate of drug-likeness (QED) is 0.909. The largest absolute Gasteiger partial charge is 0.444 e. The van der Waals surface area contributed by atoms with Gasteiger partial charge in [-0.15, -0.1) is 0 Å². The van der Waals surface area contributed by atoms with Gasteiger partial charge in [-0.2, -0.15) is 0 Å². The van der Waals surface area contributed by atoms with Crippen molar-refractivity contribution in [1.29, 1.82) is 0 Å². The van der Waals surface area contributed by atoms with Gasteiger partial charge in [0.1, 0.15) is 6.61 Å². The Labute approximate surface area is 116 Å². The van der Waals surface area contributed by atoms with Crippen molar-refractivity contribution in [2.24, 2.45) is 0 Å². The molecule has 1 heterocycles. The summed E-state index contributed by atoms with van der Waals surface area (Å²) in [4.78, 5) is 13.5. The number of benzene rings is 1. The van der Waals surface area contributed by atoms with Gasteiger partial charge in [0.2, 0.25) is 0 Å².